The number of fused-ring (bicyclic) bond motifs is 1. The molecular weight excluding hydrogens is 286 g/mol. The third-order valence-corrected chi connectivity index (χ3v) is 4.88. The molecule has 3 nitrogen and oxygen atoms in total. The fraction of sp³-hybridized carbons (Fsp3) is 0.350. The van der Waals surface area contributed by atoms with Crippen molar-refractivity contribution in [1.29, 1.82) is 0 Å². The highest BCUT2D eigenvalue weighted by Gasteiger charge is 2.30. The van der Waals surface area contributed by atoms with Crippen LogP contribution < -0.4 is 10.1 Å². The van der Waals surface area contributed by atoms with Gasteiger partial charge in [-0.3, -0.25) is 4.79 Å². The first kappa shape index (κ1) is 14.3. The number of para-hydroxylation sites is 1. The SMILES string of the molecule is O=C1Nc2ccccc2C1Cc1ccc(OC2CCCC2)cc1. The van der Waals surface area contributed by atoms with Gasteiger partial charge in [0.25, 0.3) is 0 Å². The third-order valence-electron chi connectivity index (χ3n) is 4.88. The van der Waals surface area contributed by atoms with Crippen LogP contribution >= 0.6 is 0 Å². The quantitative estimate of drug-likeness (QED) is 0.915. The molecule has 2 aliphatic rings. The molecule has 0 saturated heterocycles. The molecule has 1 aliphatic heterocycles. The van der Waals surface area contributed by atoms with Gasteiger partial charge in [0, 0.05) is 5.69 Å². The Morgan fingerprint density at radius 2 is 1.74 bits per heavy atom. The molecule has 2 aromatic rings. The number of benzene rings is 2. The van der Waals surface area contributed by atoms with Crippen molar-refractivity contribution in [3.05, 3.63) is 59.7 Å². The first-order valence-corrected chi connectivity index (χ1v) is 8.45. The summed E-state index contributed by atoms with van der Waals surface area (Å²) in [6, 6.07) is 16.2. The molecule has 1 amide bonds. The second-order valence-electron chi connectivity index (χ2n) is 6.50. The second kappa shape index (κ2) is 6.07. The molecule has 1 heterocycles. The lowest BCUT2D eigenvalue weighted by molar-refractivity contribution is -0.117. The van der Waals surface area contributed by atoms with Crippen molar-refractivity contribution in [1.82, 2.24) is 0 Å². The first-order valence-electron chi connectivity index (χ1n) is 8.45. The maximum absolute atomic E-state index is 12.2. The lowest BCUT2D eigenvalue weighted by atomic mass is 9.93. The van der Waals surface area contributed by atoms with Crippen LogP contribution in [0.15, 0.2) is 48.5 Å². The highest BCUT2D eigenvalue weighted by atomic mass is 16.5. The molecule has 0 bridgehead atoms. The molecule has 1 unspecified atom stereocenters. The van der Waals surface area contributed by atoms with E-state index < -0.39 is 0 Å². The number of hydrogen-bond donors (Lipinski definition) is 1. The molecule has 1 fully saturated rings. The van der Waals surface area contributed by atoms with E-state index in [4.69, 9.17) is 4.74 Å². The molecule has 118 valence electrons. The van der Waals surface area contributed by atoms with Crippen molar-refractivity contribution >= 4 is 11.6 Å². The van der Waals surface area contributed by atoms with E-state index in [0.717, 1.165) is 23.4 Å². The largest absolute Gasteiger partial charge is 0.490 e. The van der Waals surface area contributed by atoms with Gasteiger partial charge in [-0.15, -0.1) is 0 Å². The van der Waals surface area contributed by atoms with Gasteiger partial charge in [0.1, 0.15) is 5.75 Å². The zero-order valence-corrected chi connectivity index (χ0v) is 13.1. The number of amides is 1. The van der Waals surface area contributed by atoms with E-state index in [9.17, 15) is 4.79 Å². The van der Waals surface area contributed by atoms with Crippen LogP contribution in [0.2, 0.25) is 0 Å². The molecule has 1 aliphatic carbocycles. The number of rotatable bonds is 4. The van der Waals surface area contributed by atoms with E-state index in [-0.39, 0.29) is 11.8 Å². The summed E-state index contributed by atoms with van der Waals surface area (Å²) in [5, 5.41) is 2.96. The van der Waals surface area contributed by atoms with Crippen LogP contribution in [0.25, 0.3) is 0 Å². The lowest BCUT2D eigenvalue weighted by Crippen LogP contribution is -2.14. The number of anilines is 1. The van der Waals surface area contributed by atoms with Crippen LogP contribution in [0.5, 0.6) is 5.75 Å². The minimum absolute atomic E-state index is 0.0900. The Kier molecular flexibility index (Phi) is 3.78. The van der Waals surface area contributed by atoms with Crippen LogP contribution in [-0.4, -0.2) is 12.0 Å². The van der Waals surface area contributed by atoms with E-state index >= 15 is 0 Å². The van der Waals surface area contributed by atoms with Crippen LogP contribution in [0.1, 0.15) is 42.7 Å². The van der Waals surface area contributed by atoms with Crippen LogP contribution in [0, 0.1) is 0 Å². The minimum atomic E-state index is -0.0900. The van der Waals surface area contributed by atoms with Crippen molar-refractivity contribution in [2.75, 3.05) is 5.32 Å². The zero-order chi connectivity index (χ0) is 15.6. The average molecular weight is 307 g/mol. The fourth-order valence-corrected chi connectivity index (χ4v) is 3.62. The second-order valence-corrected chi connectivity index (χ2v) is 6.50. The summed E-state index contributed by atoms with van der Waals surface area (Å²) in [6.07, 6.45) is 6.00. The number of nitrogens with one attached hydrogen (secondary N) is 1. The van der Waals surface area contributed by atoms with Gasteiger partial charge in [0.15, 0.2) is 0 Å². The minimum Gasteiger partial charge on any atom is -0.490 e. The van der Waals surface area contributed by atoms with E-state index in [1.165, 1.54) is 31.2 Å². The summed E-state index contributed by atoms with van der Waals surface area (Å²) in [5.41, 5.74) is 3.22. The van der Waals surface area contributed by atoms with Gasteiger partial charge in [-0.2, -0.15) is 0 Å². The predicted octanol–water partition coefficient (Wildman–Crippen LogP) is 4.29. The summed E-state index contributed by atoms with van der Waals surface area (Å²) in [5.74, 6) is 0.946. The van der Waals surface area contributed by atoms with E-state index in [0.29, 0.717) is 6.10 Å². The van der Waals surface area contributed by atoms with Crippen molar-refractivity contribution in [3.8, 4) is 5.75 Å². The topological polar surface area (TPSA) is 38.3 Å². The molecule has 3 heteroatoms. The first-order chi connectivity index (χ1) is 11.3. The fourth-order valence-electron chi connectivity index (χ4n) is 3.62. The highest BCUT2D eigenvalue weighted by molar-refractivity contribution is 6.03. The van der Waals surface area contributed by atoms with Crippen molar-refractivity contribution in [3.63, 3.8) is 0 Å². The number of ether oxygens (including phenoxy) is 1. The molecule has 1 atom stereocenters. The summed E-state index contributed by atoms with van der Waals surface area (Å²) < 4.78 is 6.00. The van der Waals surface area contributed by atoms with Crippen molar-refractivity contribution in [2.45, 2.75) is 44.1 Å². The van der Waals surface area contributed by atoms with Crippen molar-refractivity contribution < 1.29 is 9.53 Å². The highest BCUT2D eigenvalue weighted by Crippen LogP contribution is 2.34. The molecule has 1 saturated carbocycles. The number of hydrogen-bond acceptors (Lipinski definition) is 2. The van der Waals surface area contributed by atoms with Crippen molar-refractivity contribution in [2.24, 2.45) is 0 Å². The number of carbonyl (C=O) groups excluding carboxylic acids is 1. The molecule has 4 rings (SSSR count). The Labute approximate surface area is 136 Å². The Hall–Kier alpha value is -2.29. The van der Waals surface area contributed by atoms with Crippen LogP contribution in [0.4, 0.5) is 5.69 Å². The van der Waals surface area contributed by atoms with E-state index in [1.54, 1.807) is 0 Å². The molecule has 0 spiro atoms. The number of carbonyl (C=O) groups is 1. The van der Waals surface area contributed by atoms with Gasteiger partial charge in [-0.05, 0) is 61.4 Å². The standard InChI is InChI=1S/C20H21NO2/c22-20-18(17-7-3-4-8-19(17)21-20)13-14-9-11-16(12-10-14)23-15-5-1-2-6-15/h3-4,7-12,15,18H,1-2,5-6,13H2,(H,21,22). The van der Waals surface area contributed by atoms with Gasteiger partial charge in [0.05, 0.1) is 12.0 Å². The molecular formula is C20H21NO2. The summed E-state index contributed by atoms with van der Waals surface area (Å²) >= 11 is 0. The third kappa shape index (κ3) is 2.96. The maximum atomic E-state index is 12.2. The lowest BCUT2D eigenvalue weighted by Gasteiger charge is -2.14. The van der Waals surface area contributed by atoms with Gasteiger partial charge in [-0.1, -0.05) is 30.3 Å². The van der Waals surface area contributed by atoms with Gasteiger partial charge >= 0.3 is 0 Å². The van der Waals surface area contributed by atoms with Crippen LogP contribution in [0.3, 0.4) is 0 Å². The summed E-state index contributed by atoms with van der Waals surface area (Å²) in [4.78, 5) is 12.2. The van der Waals surface area contributed by atoms with Gasteiger partial charge in [0.2, 0.25) is 5.91 Å². The monoisotopic (exact) mass is 307 g/mol. The normalized spacial score (nSPS) is 20.3. The molecule has 0 radical (unpaired) electrons. The Bertz CT molecular complexity index is 702. The summed E-state index contributed by atoms with van der Waals surface area (Å²) in [7, 11) is 0. The Morgan fingerprint density at radius 1 is 1.00 bits per heavy atom. The van der Waals surface area contributed by atoms with E-state index in [2.05, 4.69) is 17.4 Å². The molecule has 0 aromatic heterocycles. The van der Waals surface area contributed by atoms with E-state index in [1.807, 2.05) is 36.4 Å². The Morgan fingerprint density at radius 3 is 2.52 bits per heavy atom. The summed E-state index contributed by atoms with van der Waals surface area (Å²) in [6.45, 7) is 0. The zero-order valence-electron chi connectivity index (χ0n) is 13.1. The Balaban J connectivity index is 1.46. The predicted molar refractivity (Wildman–Crippen MR) is 90.8 cm³/mol. The average Bonchev–Trinajstić information content (AvgIpc) is 3.18. The molecule has 2 aromatic carbocycles. The molecule has 1 N–H and O–H groups in total. The van der Waals surface area contributed by atoms with Gasteiger partial charge in [-0.25, -0.2) is 0 Å². The maximum Gasteiger partial charge on any atom is 0.232 e. The van der Waals surface area contributed by atoms with Crippen LogP contribution in [-0.2, 0) is 11.2 Å². The van der Waals surface area contributed by atoms with Gasteiger partial charge < -0.3 is 10.1 Å². The smallest absolute Gasteiger partial charge is 0.232 e. The molecule has 23 heavy (non-hydrogen) atoms.